The number of aliphatic hydroxyl groups excluding tert-OH is 1. The van der Waals surface area contributed by atoms with E-state index in [4.69, 9.17) is 5.11 Å². The highest BCUT2D eigenvalue weighted by Gasteiger charge is 2.17. The normalized spacial score (nSPS) is 11.6. The summed E-state index contributed by atoms with van der Waals surface area (Å²) in [4.78, 5) is 12.9. The number of amides is 1. The summed E-state index contributed by atoms with van der Waals surface area (Å²) in [6.45, 7) is 4.45. The lowest BCUT2D eigenvalue weighted by Crippen LogP contribution is -2.35. The van der Waals surface area contributed by atoms with Gasteiger partial charge in [-0.15, -0.1) is 11.3 Å². The first-order chi connectivity index (χ1) is 8.43. The molecule has 0 aliphatic rings. The van der Waals surface area contributed by atoms with Crippen LogP contribution in [0.1, 0.15) is 31.6 Å². The van der Waals surface area contributed by atoms with Gasteiger partial charge in [0, 0.05) is 29.9 Å². The predicted octanol–water partition coefficient (Wildman–Crippen LogP) is 2.97. The van der Waals surface area contributed by atoms with Gasteiger partial charge in [0.05, 0.1) is 3.79 Å². The van der Waals surface area contributed by atoms with Crippen LogP contribution in [0.5, 0.6) is 0 Å². The van der Waals surface area contributed by atoms with E-state index in [1.807, 2.05) is 19.9 Å². The molecule has 1 amide bonds. The van der Waals surface area contributed by atoms with Crippen molar-refractivity contribution in [3.63, 3.8) is 0 Å². The molecule has 0 saturated carbocycles. The molecule has 0 aliphatic heterocycles. The number of rotatable bonds is 7. The van der Waals surface area contributed by atoms with Crippen LogP contribution >= 0.6 is 27.3 Å². The Bertz CT molecular complexity index is 390. The lowest BCUT2D eigenvalue weighted by molar-refractivity contribution is -0.121. The van der Waals surface area contributed by atoms with E-state index in [0.717, 1.165) is 16.6 Å². The first-order valence-electron chi connectivity index (χ1n) is 6.05. The average Bonchev–Trinajstić information content (AvgIpc) is 2.73. The minimum Gasteiger partial charge on any atom is -0.396 e. The van der Waals surface area contributed by atoms with Gasteiger partial charge in [-0.25, -0.2) is 0 Å². The van der Waals surface area contributed by atoms with E-state index >= 15 is 0 Å². The molecule has 0 spiro atoms. The fraction of sp³-hybridized carbons (Fsp3) is 0.615. The molecule has 3 nitrogen and oxygen atoms in total. The quantitative estimate of drug-likeness (QED) is 0.805. The number of halogens is 1. The average molecular weight is 334 g/mol. The first kappa shape index (κ1) is 15.7. The van der Waals surface area contributed by atoms with Crippen LogP contribution in [0.3, 0.4) is 0 Å². The third-order valence-corrected chi connectivity index (χ3v) is 4.33. The van der Waals surface area contributed by atoms with Crippen molar-refractivity contribution in [2.24, 2.45) is 5.41 Å². The molecular weight excluding hydrogens is 314 g/mol. The molecule has 1 aromatic heterocycles. The van der Waals surface area contributed by atoms with E-state index in [2.05, 4.69) is 27.3 Å². The van der Waals surface area contributed by atoms with Crippen LogP contribution in [-0.4, -0.2) is 24.2 Å². The third-order valence-electron chi connectivity index (χ3n) is 2.65. The molecule has 0 aromatic carbocycles. The Hall–Kier alpha value is -0.390. The van der Waals surface area contributed by atoms with E-state index in [1.165, 1.54) is 4.88 Å². The van der Waals surface area contributed by atoms with Crippen LogP contribution in [0.25, 0.3) is 0 Å². The Kier molecular flexibility index (Phi) is 6.32. The topological polar surface area (TPSA) is 49.3 Å². The summed E-state index contributed by atoms with van der Waals surface area (Å²) < 4.78 is 1.13. The molecule has 0 aliphatic carbocycles. The van der Waals surface area contributed by atoms with E-state index in [0.29, 0.717) is 13.0 Å². The van der Waals surface area contributed by atoms with Gasteiger partial charge in [0.15, 0.2) is 0 Å². The van der Waals surface area contributed by atoms with Gasteiger partial charge in [-0.3, -0.25) is 4.79 Å². The lowest BCUT2D eigenvalue weighted by Gasteiger charge is -2.21. The maximum absolute atomic E-state index is 11.6. The predicted molar refractivity (Wildman–Crippen MR) is 78.8 cm³/mol. The highest BCUT2D eigenvalue weighted by molar-refractivity contribution is 9.11. The van der Waals surface area contributed by atoms with Crippen molar-refractivity contribution in [2.45, 2.75) is 33.1 Å². The Labute approximate surface area is 121 Å². The van der Waals surface area contributed by atoms with E-state index in [-0.39, 0.29) is 17.9 Å². The summed E-state index contributed by atoms with van der Waals surface area (Å²) >= 11 is 5.14. The molecule has 2 N–H and O–H groups in total. The Morgan fingerprint density at radius 1 is 1.50 bits per heavy atom. The Morgan fingerprint density at radius 3 is 2.78 bits per heavy atom. The van der Waals surface area contributed by atoms with Gasteiger partial charge in [0.25, 0.3) is 0 Å². The van der Waals surface area contributed by atoms with Gasteiger partial charge in [0.1, 0.15) is 0 Å². The molecule has 1 aromatic rings. The van der Waals surface area contributed by atoms with Crippen molar-refractivity contribution in [3.05, 3.63) is 20.8 Å². The second-order valence-corrected chi connectivity index (χ2v) is 7.71. The summed E-state index contributed by atoms with van der Waals surface area (Å²) in [5.74, 6) is 0.0622. The van der Waals surface area contributed by atoms with Gasteiger partial charge in [-0.1, -0.05) is 13.8 Å². The van der Waals surface area contributed by atoms with Crippen molar-refractivity contribution in [2.75, 3.05) is 13.2 Å². The molecule has 18 heavy (non-hydrogen) atoms. The van der Waals surface area contributed by atoms with Gasteiger partial charge >= 0.3 is 0 Å². The van der Waals surface area contributed by atoms with E-state index < -0.39 is 0 Å². The summed E-state index contributed by atoms with van der Waals surface area (Å²) in [5.41, 5.74) is -0.242. The summed E-state index contributed by atoms with van der Waals surface area (Å²) in [6.07, 6.45) is 2.34. The zero-order valence-corrected chi connectivity index (χ0v) is 13.2. The number of hydrogen-bond donors (Lipinski definition) is 2. The van der Waals surface area contributed by atoms with Crippen LogP contribution in [0, 0.1) is 5.41 Å². The fourth-order valence-corrected chi connectivity index (χ4v) is 2.92. The van der Waals surface area contributed by atoms with Gasteiger partial charge in [-0.05, 0) is 40.9 Å². The largest absolute Gasteiger partial charge is 0.396 e. The zero-order chi connectivity index (χ0) is 13.6. The molecule has 5 heteroatoms. The van der Waals surface area contributed by atoms with Crippen molar-refractivity contribution in [1.29, 1.82) is 0 Å². The number of aryl methyl sites for hydroxylation is 1. The smallest absolute Gasteiger partial charge is 0.220 e. The zero-order valence-electron chi connectivity index (χ0n) is 10.8. The number of hydrogen-bond acceptors (Lipinski definition) is 3. The second kappa shape index (κ2) is 7.26. The molecule has 0 atom stereocenters. The molecule has 0 bridgehead atoms. The standard InChI is InChI=1S/C13H20BrNO2S/c1-13(2,9-16)8-15-12(17)5-3-4-10-6-7-11(14)18-10/h6-7,16H,3-5,8-9H2,1-2H3,(H,15,17). The van der Waals surface area contributed by atoms with Gasteiger partial charge in [-0.2, -0.15) is 0 Å². The number of carbonyl (C=O) groups excluding carboxylic acids is 1. The van der Waals surface area contributed by atoms with E-state index in [1.54, 1.807) is 11.3 Å². The molecule has 1 rings (SSSR count). The molecule has 0 fully saturated rings. The first-order valence-corrected chi connectivity index (χ1v) is 7.66. The van der Waals surface area contributed by atoms with Crippen molar-refractivity contribution >= 4 is 33.2 Å². The molecular formula is C13H20BrNO2S. The van der Waals surface area contributed by atoms with Crippen LogP contribution in [0.15, 0.2) is 15.9 Å². The maximum Gasteiger partial charge on any atom is 0.220 e. The van der Waals surface area contributed by atoms with Gasteiger partial charge in [0.2, 0.25) is 5.91 Å². The number of aliphatic hydroxyl groups is 1. The molecule has 1 heterocycles. The number of carbonyl (C=O) groups is 1. The van der Waals surface area contributed by atoms with Crippen LogP contribution in [-0.2, 0) is 11.2 Å². The molecule has 0 unspecified atom stereocenters. The highest BCUT2D eigenvalue weighted by Crippen LogP contribution is 2.23. The van der Waals surface area contributed by atoms with E-state index in [9.17, 15) is 4.79 Å². The van der Waals surface area contributed by atoms with Crippen molar-refractivity contribution in [3.8, 4) is 0 Å². The second-order valence-electron chi connectivity index (χ2n) is 5.16. The number of nitrogens with one attached hydrogen (secondary N) is 1. The maximum atomic E-state index is 11.6. The number of thiophene rings is 1. The summed E-state index contributed by atoms with van der Waals surface area (Å²) in [5, 5.41) is 11.9. The fourth-order valence-electron chi connectivity index (χ4n) is 1.39. The van der Waals surface area contributed by atoms with Crippen LogP contribution in [0.4, 0.5) is 0 Å². The SMILES string of the molecule is CC(C)(CO)CNC(=O)CCCc1ccc(Br)s1. The summed E-state index contributed by atoms with van der Waals surface area (Å²) in [7, 11) is 0. The van der Waals surface area contributed by atoms with Gasteiger partial charge < -0.3 is 10.4 Å². The third kappa shape index (κ3) is 5.98. The minimum atomic E-state index is -0.242. The lowest BCUT2D eigenvalue weighted by atomic mass is 9.95. The monoisotopic (exact) mass is 333 g/mol. The molecule has 0 radical (unpaired) electrons. The Balaban J connectivity index is 2.18. The minimum absolute atomic E-state index is 0.0622. The Morgan fingerprint density at radius 2 is 2.22 bits per heavy atom. The molecule has 0 saturated heterocycles. The van der Waals surface area contributed by atoms with Crippen LogP contribution in [0.2, 0.25) is 0 Å². The molecule has 102 valence electrons. The van der Waals surface area contributed by atoms with Crippen molar-refractivity contribution < 1.29 is 9.90 Å². The van der Waals surface area contributed by atoms with Crippen molar-refractivity contribution in [1.82, 2.24) is 5.32 Å². The van der Waals surface area contributed by atoms with Crippen LogP contribution < -0.4 is 5.32 Å². The highest BCUT2D eigenvalue weighted by atomic mass is 79.9. The summed E-state index contributed by atoms with van der Waals surface area (Å²) in [6, 6.07) is 4.12.